The molecular weight excluding hydrogens is 381 g/mol. The molecule has 9 heteroatoms. The smallest absolute Gasteiger partial charge is 0.338 e. The summed E-state index contributed by atoms with van der Waals surface area (Å²) in [6.07, 6.45) is -1.07. The predicted molar refractivity (Wildman–Crippen MR) is 99.6 cm³/mol. The number of carbonyl (C=O) groups excluding carboxylic acids is 3. The minimum absolute atomic E-state index is 0.193. The number of benzene rings is 2. The van der Waals surface area contributed by atoms with E-state index in [2.05, 4.69) is 10.6 Å². The van der Waals surface area contributed by atoms with Crippen LogP contribution in [0.4, 0.5) is 16.2 Å². The maximum Gasteiger partial charge on any atom is 0.338 e. The van der Waals surface area contributed by atoms with Crippen LogP contribution in [0.5, 0.6) is 0 Å². The molecule has 0 fully saturated rings. The summed E-state index contributed by atoms with van der Waals surface area (Å²) in [5, 5.41) is 5.39. The molecule has 0 heterocycles. The van der Waals surface area contributed by atoms with Gasteiger partial charge >= 0.3 is 12.0 Å². The Morgan fingerprint density at radius 2 is 1.69 bits per heavy atom. The second-order valence-corrected chi connectivity index (χ2v) is 5.99. The fourth-order valence-corrected chi connectivity index (χ4v) is 2.30. The van der Waals surface area contributed by atoms with Crippen LogP contribution in [0, 0.1) is 0 Å². The molecule has 0 spiro atoms. The summed E-state index contributed by atoms with van der Waals surface area (Å²) in [6.45, 7) is 1.43. The Hall–Kier alpha value is -2.77. The van der Waals surface area contributed by atoms with Gasteiger partial charge in [0, 0.05) is 5.69 Å². The largest absolute Gasteiger partial charge is 0.449 e. The quantitative estimate of drug-likeness (QED) is 0.670. The zero-order valence-corrected chi connectivity index (χ0v) is 15.1. The number of carbonyl (C=O) groups is 3. The molecule has 0 radical (unpaired) electrons. The molecule has 0 bridgehead atoms. The molecule has 2 aromatic carbocycles. The van der Waals surface area contributed by atoms with Gasteiger partial charge in [-0.15, -0.1) is 0 Å². The number of nitrogens with two attached hydrogens (primary N) is 1. The van der Waals surface area contributed by atoms with Gasteiger partial charge in [0.15, 0.2) is 6.10 Å². The third kappa shape index (κ3) is 5.11. The number of anilines is 2. The Labute approximate surface area is 159 Å². The van der Waals surface area contributed by atoms with E-state index >= 15 is 0 Å². The van der Waals surface area contributed by atoms with E-state index in [1.54, 1.807) is 18.2 Å². The Bertz CT molecular complexity index is 840. The van der Waals surface area contributed by atoms with Crippen molar-refractivity contribution in [2.45, 2.75) is 13.0 Å². The second kappa shape index (κ2) is 8.55. The summed E-state index contributed by atoms with van der Waals surface area (Å²) in [5.41, 5.74) is 5.95. The van der Waals surface area contributed by atoms with Gasteiger partial charge < -0.3 is 21.1 Å². The summed E-state index contributed by atoms with van der Waals surface area (Å²) >= 11 is 11.9. The van der Waals surface area contributed by atoms with Crippen molar-refractivity contribution in [3.05, 3.63) is 58.1 Å². The van der Waals surface area contributed by atoms with Crippen molar-refractivity contribution < 1.29 is 19.1 Å². The number of amides is 3. The molecule has 0 saturated heterocycles. The monoisotopic (exact) mass is 395 g/mol. The number of nitrogens with one attached hydrogen (secondary N) is 2. The number of halogens is 2. The van der Waals surface area contributed by atoms with Crippen LogP contribution in [-0.4, -0.2) is 24.0 Å². The Morgan fingerprint density at radius 3 is 2.31 bits per heavy atom. The van der Waals surface area contributed by atoms with Crippen molar-refractivity contribution in [1.29, 1.82) is 0 Å². The molecule has 2 rings (SSSR count). The van der Waals surface area contributed by atoms with Gasteiger partial charge in [0.25, 0.3) is 5.91 Å². The van der Waals surface area contributed by atoms with E-state index in [4.69, 9.17) is 33.7 Å². The Kier molecular flexibility index (Phi) is 6.43. The molecule has 26 heavy (non-hydrogen) atoms. The van der Waals surface area contributed by atoms with Crippen LogP contribution in [0.1, 0.15) is 17.3 Å². The molecule has 136 valence electrons. The van der Waals surface area contributed by atoms with Gasteiger partial charge in [-0.2, -0.15) is 0 Å². The Balaban J connectivity index is 1.98. The van der Waals surface area contributed by atoms with E-state index in [1.807, 2.05) is 0 Å². The lowest BCUT2D eigenvalue weighted by molar-refractivity contribution is -0.123. The lowest BCUT2D eigenvalue weighted by atomic mass is 10.2. The number of urea groups is 1. The summed E-state index contributed by atoms with van der Waals surface area (Å²) in [7, 11) is 0. The minimum atomic E-state index is -1.07. The zero-order chi connectivity index (χ0) is 19.3. The van der Waals surface area contributed by atoms with E-state index in [0.717, 1.165) is 0 Å². The molecule has 1 atom stereocenters. The third-order valence-electron chi connectivity index (χ3n) is 3.25. The lowest BCUT2D eigenvalue weighted by Crippen LogP contribution is -2.30. The fraction of sp³-hybridized carbons (Fsp3) is 0.118. The van der Waals surface area contributed by atoms with E-state index in [9.17, 15) is 14.4 Å². The first-order valence-electron chi connectivity index (χ1n) is 7.40. The van der Waals surface area contributed by atoms with E-state index in [1.165, 1.54) is 31.2 Å². The maximum absolute atomic E-state index is 12.2. The van der Waals surface area contributed by atoms with Crippen LogP contribution in [0.2, 0.25) is 10.0 Å². The molecule has 7 nitrogen and oxygen atoms in total. The molecule has 4 N–H and O–H groups in total. The molecule has 3 amide bonds. The van der Waals surface area contributed by atoms with Gasteiger partial charge in [-0.25, -0.2) is 9.59 Å². The minimum Gasteiger partial charge on any atom is -0.449 e. The van der Waals surface area contributed by atoms with Gasteiger partial charge in [-0.05, 0) is 43.3 Å². The standard InChI is InChI=1S/C17H15Cl2N3O4/c1-9(15(23)22-13-4-2-3-12(18)14(13)19)26-16(24)10-5-7-11(8-6-10)21-17(20)25/h2-9H,1H3,(H,22,23)(H3,20,21,25)/t9-/m0/s1. The molecule has 0 aromatic heterocycles. The summed E-state index contributed by atoms with van der Waals surface area (Å²) in [5.74, 6) is -1.26. The highest BCUT2D eigenvalue weighted by atomic mass is 35.5. The van der Waals surface area contributed by atoms with Crippen molar-refractivity contribution in [1.82, 2.24) is 0 Å². The average molecular weight is 396 g/mol. The second-order valence-electron chi connectivity index (χ2n) is 5.20. The SMILES string of the molecule is C[C@H](OC(=O)c1ccc(NC(N)=O)cc1)C(=O)Nc1cccc(Cl)c1Cl. The first-order valence-corrected chi connectivity index (χ1v) is 8.16. The summed E-state index contributed by atoms with van der Waals surface area (Å²) < 4.78 is 5.12. The molecular formula is C17H15Cl2N3O4. The van der Waals surface area contributed by atoms with Crippen molar-refractivity contribution >= 4 is 52.5 Å². The van der Waals surface area contributed by atoms with E-state index in [-0.39, 0.29) is 10.6 Å². The van der Waals surface area contributed by atoms with Gasteiger partial charge in [0.2, 0.25) is 0 Å². The molecule has 0 aliphatic carbocycles. The molecule has 0 saturated carbocycles. The van der Waals surface area contributed by atoms with Crippen LogP contribution < -0.4 is 16.4 Å². The first kappa shape index (κ1) is 19.6. The highest BCUT2D eigenvalue weighted by Gasteiger charge is 2.20. The van der Waals surface area contributed by atoms with Crippen LogP contribution >= 0.6 is 23.2 Å². The van der Waals surface area contributed by atoms with Crippen molar-refractivity contribution in [2.24, 2.45) is 5.73 Å². The Morgan fingerprint density at radius 1 is 1.04 bits per heavy atom. The summed E-state index contributed by atoms with van der Waals surface area (Å²) in [4.78, 5) is 35.0. The number of primary amides is 1. The van der Waals surface area contributed by atoms with Gasteiger partial charge in [0.1, 0.15) is 0 Å². The molecule has 0 aliphatic heterocycles. The van der Waals surface area contributed by atoms with Crippen LogP contribution in [-0.2, 0) is 9.53 Å². The number of hydrogen-bond donors (Lipinski definition) is 3. The highest BCUT2D eigenvalue weighted by Crippen LogP contribution is 2.29. The van der Waals surface area contributed by atoms with Crippen LogP contribution in [0.3, 0.4) is 0 Å². The van der Waals surface area contributed by atoms with Crippen molar-refractivity contribution in [3.63, 3.8) is 0 Å². The zero-order valence-electron chi connectivity index (χ0n) is 13.6. The predicted octanol–water partition coefficient (Wildman–Crippen LogP) is 3.67. The maximum atomic E-state index is 12.2. The van der Waals surface area contributed by atoms with Crippen molar-refractivity contribution in [3.8, 4) is 0 Å². The first-order chi connectivity index (χ1) is 12.3. The van der Waals surface area contributed by atoms with Gasteiger partial charge in [-0.3, -0.25) is 4.79 Å². The van der Waals surface area contributed by atoms with Crippen molar-refractivity contribution in [2.75, 3.05) is 10.6 Å². The van der Waals surface area contributed by atoms with Gasteiger partial charge in [-0.1, -0.05) is 29.3 Å². The van der Waals surface area contributed by atoms with E-state index in [0.29, 0.717) is 16.4 Å². The fourth-order valence-electron chi connectivity index (χ4n) is 1.95. The van der Waals surface area contributed by atoms with Gasteiger partial charge in [0.05, 0.1) is 21.3 Å². The third-order valence-corrected chi connectivity index (χ3v) is 4.07. The molecule has 0 unspecified atom stereocenters. The average Bonchev–Trinajstić information content (AvgIpc) is 2.59. The molecule has 0 aliphatic rings. The summed E-state index contributed by atoms with van der Waals surface area (Å²) in [6, 6.07) is 9.91. The lowest BCUT2D eigenvalue weighted by Gasteiger charge is -2.14. The normalized spacial score (nSPS) is 11.3. The van der Waals surface area contributed by atoms with Crippen LogP contribution in [0.25, 0.3) is 0 Å². The molecule has 2 aromatic rings. The number of esters is 1. The van der Waals surface area contributed by atoms with E-state index < -0.39 is 24.0 Å². The highest BCUT2D eigenvalue weighted by molar-refractivity contribution is 6.44. The van der Waals surface area contributed by atoms with Crippen LogP contribution in [0.15, 0.2) is 42.5 Å². The number of rotatable bonds is 5. The number of ether oxygens (including phenoxy) is 1. The number of hydrogen-bond acceptors (Lipinski definition) is 4. The topological polar surface area (TPSA) is 111 Å².